The van der Waals surface area contributed by atoms with Gasteiger partial charge in [-0.25, -0.2) is 10.1 Å². The molecule has 0 spiro atoms. The van der Waals surface area contributed by atoms with Crippen molar-refractivity contribution >= 4 is 117 Å². The molecular formula is C34H25N7O15S4. The number of anilines is 2. The summed E-state index contributed by atoms with van der Waals surface area (Å²) in [5.74, 6) is -0.921. The summed E-state index contributed by atoms with van der Waals surface area (Å²) in [7, 11) is -14.3. The van der Waals surface area contributed by atoms with Crippen LogP contribution in [0.15, 0.2) is 136 Å². The third-order valence-electron chi connectivity index (χ3n) is 8.10. The number of rotatable bonds is 13. The lowest BCUT2D eigenvalue weighted by Crippen LogP contribution is -2.19. The summed E-state index contributed by atoms with van der Waals surface area (Å²) >= 11 is 0.350. The number of benzene rings is 6. The molecule has 0 heterocycles. The maximum absolute atomic E-state index is 13.1. The van der Waals surface area contributed by atoms with Crippen molar-refractivity contribution in [3.63, 3.8) is 0 Å². The van der Waals surface area contributed by atoms with E-state index in [4.69, 9.17) is 9.81 Å². The van der Waals surface area contributed by atoms with Gasteiger partial charge in [0.1, 0.15) is 38.4 Å². The summed E-state index contributed by atoms with van der Waals surface area (Å²) in [6.45, 7) is 3.22. The first-order chi connectivity index (χ1) is 28.3. The Hall–Kier alpha value is -6.46. The number of hydrogen-bond acceptors (Lipinski definition) is 18. The fraction of sp³-hybridized carbons (Fsp3) is 0. The molecule has 6 aromatic rings. The van der Waals surface area contributed by atoms with Crippen LogP contribution in [0.3, 0.4) is 0 Å². The molecule has 0 aliphatic carbocycles. The molecule has 8 N–H and O–H groups in total. The Morgan fingerprint density at radius 2 is 1.25 bits per heavy atom. The molecule has 0 fully saturated rings. The normalized spacial score (nSPS) is 12.4. The molecule has 0 unspecified atom stereocenters. The van der Waals surface area contributed by atoms with Crippen LogP contribution in [0.2, 0.25) is 0 Å². The van der Waals surface area contributed by atoms with Gasteiger partial charge >= 0.3 is 6.03 Å². The average Bonchev–Trinajstić information content (AvgIpc) is 3.18. The van der Waals surface area contributed by atoms with E-state index in [1.165, 1.54) is 54.6 Å². The number of phenolic OH excluding ortho intramolecular Hbond substituents is 2. The van der Waals surface area contributed by atoms with E-state index in [1.807, 2.05) is 0 Å². The summed E-state index contributed by atoms with van der Waals surface area (Å²) in [6.07, 6.45) is 0. The molecule has 60 heavy (non-hydrogen) atoms. The van der Waals surface area contributed by atoms with Crippen LogP contribution in [0.25, 0.3) is 21.5 Å². The van der Waals surface area contributed by atoms with Crippen LogP contribution in [0.1, 0.15) is 0 Å². The Balaban J connectivity index is 1.32. The highest BCUT2D eigenvalue weighted by Gasteiger charge is 2.22. The fourth-order valence-electron chi connectivity index (χ4n) is 5.49. The van der Waals surface area contributed by atoms with Crippen molar-refractivity contribution in [3.05, 3.63) is 91.0 Å². The van der Waals surface area contributed by atoms with Gasteiger partial charge in [0.05, 0.1) is 33.2 Å². The molecule has 0 aliphatic rings. The second-order valence-corrected chi connectivity index (χ2v) is 16.9. The molecule has 0 radical (unpaired) electrons. The van der Waals surface area contributed by atoms with Gasteiger partial charge in [-0.15, -0.1) is 14.6 Å². The van der Waals surface area contributed by atoms with Crippen molar-refractivity contribution in [2.24, 2.45) is 25.4 Å². The van der Waals surface area contributed by atoms with Crippen LogP contribution in [-0.2, 0) is 39.7 Å². The Morgan fingerprint density at radius 1 is 0.633 bits per heavy atom. The van der Waals surface area contributed by atoms with Gasteiger partial charge in [-0.05, 0) is 103 Å². The first kappa shape index (κ1) is 43.1. The summed E-state index contributed by atoms with van der Waals surface area (Å²) in [6, 6.07) is 17.4. The van der Waals surface area contributed by atoms with Gasteiger partial charge in [0.25, 0.3) is 30.4 Å². The molecule has 0 atom stereocenters. The zero-order valence-electron chi connectivity index (χ0n) is 29.6. The Morgan fingerprint density at radius 3 is 1.87 bits per heavy atom. The zero-order chi connectivity index (χ0) is 43.6. The van der Waals surface area contributed by atoms with Crippen molar-refractivity contribution < 1.29 is 68.5 Å². The van der Waals surface area contributed by atoms with E-state index in [0.717, 1.165) is 36.4 Å². The van der Waals surface area contributed by atoms with Gasteiger partial charge in [0.15, 0.2) is 0 Å². The van der Waals surface area contributed by atoms with Gasteiger partial charge in [0.2, 0.25) is 0 Å². The van der Waals surface area contributed by atoms with Crippen molar-refractivity contribution in [1.29, 1.82) is 0 Å². The summed E-state index contributed by atoms with van der Waals surface area (Å²) in [5, 5.41) is 55.3. The monoisotopic (exact) mass is 899 g/mol. The number of nitrogens with zero attached hydrogens (tertiary/aromatic N) is 5. The lowest BCUT2D eigenvalue weighted by molar-refractivity contribution is -0.432. The highest BCUT2D eigenvalue weighted by Crippen LogP contribution is 2.44. The van der Waals surface area contributed by atoms with E-state index < -0.39 is 68.2 Å². The average molecular weight is 900 g/mol. The molecule has 6 aromatic carbocycles. The Kier molecular flexibility index (Phi) is 12.2. The van der Waals surface area contributed by atoms with Gasteiger partial charge < -0.3 is 20.8 Å². The van der Waals surface area contributed by atoms with Crippen LogP contribution in [0.4, 0.5) is 44.6 Å². The van der Waals surface area contributed by atoms with Crippen molar-refractivity contribution in [1.82, 2.24) is 0 Å². The third-order valence-corrected chi connectivity index (χ3v) is 11.3. The predicted molar refractivity (Wildman–Crippen MR) is 214 cm³/mol. The molecule has 0 bridgehead atoms. The van der Waals surface area contributed by atoms with E-state index in [-0.39, 0.29) is 60.6 Å². The Bertz CT molecular complexity index is 3130. The second-order valence-electron chi connectivity index (χ2n) is 11.9. The molecule has 0 saturated heterocycles. The van der Waals surface area contributed by atoms with Crippen LogP contribution < -0.4 is 10.6 Å². The molecule has 0 aliphatic heterocycles. The van der Waals surface area contributed by atoms with Crippen LogP contribution >= 0.6 is 12.0 Å². The number of carbonyl (C=O) groups is 1. The first-order valence-corrected chi connectivity index (χ1v) is 21.1. The van der Waals surface area contributed by atoms with E-state index >= 15 is 0 Å². The van der Waals surface area contributed by atoms with E-state index in [0.29, 0.717) is 12.0 Å². The van der Waals surface area contributed by atoms with Crippen LogP contribution in [0, 0.1) is 0 Å². The van der Waals surface area contributed by atoms with Gasteiger partial charge in [-0.2, -0.15) is 35.5 Å². The highest BCUT2D eigenvalue weighted by molar-refractivity contribution is 7.94. The topological polar surface area (TPSA) is 345 Å². The minimum Gasteiger partial charge on any atom is -0.507 e. The SMILES string of the molecule is C=Nc1c(S(=O)(=O)O)cc2cc(NC(=O)Nc3ccc4c(O)cc(SOOO)c(/N=N/c5ccc(/N=N/c6ccc(S(=O)(=O)O)cc6)cc5S(=O)(=O)O)c4c3)ccc2c1O. The standard InChI is InChI=1S/C34H25N7O15S4/c1-35-32-30(60(52,53)54)13-17-12-19(4-9-23(17)33(32)43)36-34(44)37-20-5-10-24-25(14-20)31(28(16-27(24)42)57-56-55-45)41-40-26-11-6-21(15-29(26)59(49,50)51)39-38-18-2-7-22(8-3-18)58(46,47)48/h2-16,42-43,45H,1H2,(H2,36,37,44)(H,46,47,48)(H,49,50,51)(H,52,53,54)/b39-38+,41-40+. The molecule has 26 heteroatoms. The quantitative estimate of drug-likeness (QED) is 0.0135. The molecule has 22 nitrogen and oxygen atoms in total. The Labute approximate surface area is 341 Å². The highest BCUT2D eigenvalue weighted by atomic mass is 32.2. The van der Waals surface area contributed by atoms with Crippen LogP contribution in [0.5, 0.6) is 11.5 Å². The number of fused-ring (bicyclic) bond motifs is 2. The van der Waals surface area contributed by atoms with E-state index in [9.17, 15) is 49.4 Å². The summed E-state index contributed by atoms with van der Waals surface area (Å²) < 4.78 is 105. The van der Waals surface area contributed by atoms with Crippen LogP contribution in [-0.4, -0.2) is 67.1 Å². The van der Waals surface area contributed by atoms with E-state index in [1.54, 1.807) is 0 Å². The predicted octanol–water partition coefficient (Wildman–Crippen LogP) is 8.38. The lowest BCUT2D eigenvalue weighted by Gasteiger charge is -2.13. The van der Waals surface area contributed by atoms with Gasteiger partial charge in [0, 0.05) is 27.5 Å². The minimum atomic E-state index is -5.00. The largest absolute Gasteiger partial charge is 0.507 e. The summed E-state index contributed by atoms with van der Waals surface area (Å²) in [4.78, 5) is 14.7. The maximum Gasteiger partial charge on any atom is 0.323 e. The summed E-state index contributed by atoms with van der Waals surface area (Å²) in [5.41, 5.74) is -0.788. The zero-order valence-corrected chi connectivity index (χ0v) is 32.9. The number of aromatic hydroxyl groups is 2. The molecule has 310 valence electrons. The molecule has 6 rings (SSSR count). The van der Waals surface area contributed by atoms with E-state index in [2.05, 4.69) is 52.2 Å². The maximum atomic E-state index is 13.1. The smallest absolute Gasteiger partial charge is 0.323 e. The number of aliphatic imine (C=N–C) groups is 1. The van der Waals surface area contributed by atoms with Gasteiger partial charge in [-0.1, -0.05) is 5.04 Å². The minimum absolute atomic E-state index is 0.0586. The van der Waals surface area contributed by atoms with Crippen molar-refractivity contribution in [2.45, 2.75) is 19.6 Å². The fourth-order valence-corrected chi connectivity index (χ4v) is 7.79. The van der Waals surface area contributed by atoms with Crippen molar-refractivity contribution in [3.8, 4) is 11.5 Å². The van der Waals surface area contributed by atoms with Crippen molar-refractivity contribution in [2.75, 3.05) is 10.6 Å². The molecule has 0 saturated carbocycles. The third kappa shape index (κ3) is 9.69. The number of nitrogens with one attached hydrogen (secondary N) is 2. The molecule has 0 aromatic heterocycles. The number of amides is 2. The molecular weight excluding hydrogens is 875 g/mol. The number of urea groups is 1. The number of hydrogen-bond donors (Lipinski definition) is 8. The number of carbonyl (C=O) groups excluding carboxylic acids is 1. The molecule has 2 amide bonds. The van der Waals surface area contributed by atoms with Gasteiger partial charge in [-0.3, -0.25) is 18.7 Å². The first-order valence-electron chi connectivity index (χ1n) is 16.1. The second kappa shape index (κ2) is 17.0. The number of phenols is 2. The lowest BCUT2D eigenvalue weighted by atomic mass is 10.1. The number of azo groups is 2.